The first kappa shape index (κ1) is 28.0. The average Bonchev–Trinajstić information content (AvgIpc) is 2.96. The van der Waals surface area contributed by atoms with Crippen molar-refractivity contribution >= 4 is 27.8 Å². The van der Waals surface area contributed by atoms with Crippen molar-refractivity contribution < 1.29 is 26.9 Å². The van der Waals surface area contributed by atoms with E-state index in [2.05, 4.69) is 5.32 Å². The van der Waals surface area contributed by atoms with E-state index in [0.717, 1.165) is 11.1 Å². The maximum atomic E-state index is 12.9. The summed E-state index contributed by atoms with van der Waals surface area (Å²) in [5, 5.41) is 12.4. The van der Waals surface area contributed by atoms with E-state index in [9.17, 15) is 18.5 Å². The van der Waals surface area contributed by atoms with Gasteiger partial charge < -0.3 is 19.0 Å². The van der Waals surface area contributed by atoms with Gasteiger partial charge in [0, 0.05) is 17.3 Å². The van der Waals surface area contributed by atoms with E-state index in [1.807, 2.05) is 43.3 Å². The first-order valence-electron chi connectivity index (χ1n) is 12.2. The number of methoxy groups -OCH3 is 1. The molecule has 0 unspecified atom stereocenters. The molecule has 9 heteroatoms. The molecule has 1 amide bonds. The summed E-state index contributed by atoms with van der Waals surface area (Å²) in [7, 11) is -2.77. The highest BCUT2D eigenvalue weighted by atomic mass is 32.2. The van der Waals surface area contributed by atoms with Gasteiger partial charge in [0.2, 0.25) is 0 Å². The molecule has 0 radical (unpaired) electrons. The second-order valence-electron chi connectivity index (χ2n) is 8.68. The molecule has 4 aromatic carbocycles. The van der Waals surface area contributed by atoms with Crippen molar-refractivity contribution in [2.75, 3.05) is 12.4 Å². The van der Waals surface area contributed by atoms with Gasteiger partial charge in [-0.3, -0.25) is 4.79 Å². The number of carbonyl (C=O) groups is 1. The molecule has 0 spiro atoms. The fourth-order valence-corrected chi connectivity index (χ4v) is 4.53. The van der Waals surface area contributed by atoms with Gasteiger partial charge in [-0.15, -0.1) is 0 Å². The molecule has 40 heavy (non-hydrogen) atoms. The van der Waals surface area contributed by atoms with Gasteiger partial charge in [-0.25, -0.2) is 0 Å². The summed E-state index contributed by atoms with van der Waals surface area (Å²) in [6.45, 7) is 2.24. The first-order valence-corrected chi connectivity index (χ1v) is 13.6. The second-order valence-corrected chi connectivity index (χ2v) is 10.2. The smallest absolute Gasteiger partial charge is 0.339 e. The van der Waals surface area contributed by atoms with Crippen molar-refractivity contribution in [2.45, 2.75) is 18.4 Å². The molecular formula is C31H26N2O6S. The normalized spacial score (nSPS) is 11.3. The van der Waals surface area contributed by atoms with Crippen LogP contribution < -0.4 is 19.0 Å². The number of benzene rings is 4. The standard InChI is InChI=1S/C31H26N2O6S/c1-22-8-16-29(17-9-22)40(35,36)39-30-19-28(37-2)13-10-24(30)18-25(20-32)31(34)33-26-11-14-27(15-12-26)38-21-23-6-4-3-5-7-23/h3-19H,21H2,1-2H3,(H,33,34)/b25-18+. The summed E-state index contributed by atoms with van der Waals surface area (Å²) in [6, 6.07) is 28.9. The molecule has 0 aliphatic carbocycles. The molecule has 0 aliphatic heterocycles. The minimum Gasteiger partial charge on any atom is -0.497 e. The van der Waals surface area contributed by atoms with Crippen LogP contribution in [0.25, 0.3) is 6.08 Å². The Morgan fingerprint density at radius 1 is 0.925 bits per heavy atom. The van der Waals surface area contributed by atoms with E-state index in [1.54, 1.807) is 42.5 Å². The zero-order valence-electron chi connectivity index (χ0n) is 21.8. The summed E-state index contributed by atoms with van der Waals surface area (Å²) >= 11 is 0. The number of hydrogen-bond donors (Lipinski definition) is 1. The van der Waals surface area contributed by atoms with E-state index in [4.69, 9.17) is 13.7 Å². The van der Waals surface area contributed by atoms with Crippen molar-refractivity contribution in [1.29, 1.82) is 5.26 Å². The zero-order valence-corrected chi connectivity index (χ0v) is 22.6. The highest BCUT2D eigenvalue weighted by molar-refractivity contribution is 7.87. The van der Waals surface area contributed by atoms with Crippen LogP contribution >= 0.6 is 0 Å². The maximum absolute atomic E-state index is 12.9. The maximum Gasteiger partial charge on any atom is 0.339 e. The fourth-order valence-electron chi connectivity index (χ4n) is 3.58. The number of nitrogens with zero attached hydrogens (tertiary/aromatic N) is 1. The van der Waals surface area contributed by atoms with E-state index in [1.165, 1.54) is 37.5 Å². The molecular weight excluding hydrogens is 528 g/mol. The fraction of sp³-hybridized carbons (Fsp3) is 0.0968. The number of amides is 1. The summed E-state index contributed by atoms with van der Waals surface area (Å²) in [4.78, 5) is 12.9. The van der Waals surface area contributed by atoms with Gasteiger partial charge in [-0.2, -0.15) is 13.7 Å². The van der Waals surface area contributed by atoms with E-state index in [0.29, 0.717) is 23.8 Å². The minimum absolute atomic E-state index is 0.0368. The van der Waals surface area contributed by atoms with Crippen molar-refractivity contribution in [3.8, 4) is 23.3 Å². The highest BCUT2D eigenvalue weighted by Gasteiger charge is 2.20. The van der Waals surface area contributed by atoms with E-state index in [-0.39, 0.29) is 21.8 Å². The number of aryl methyl sites for hydroxylation is 1. The lowest BCUT2D eigenvalue weighted by atomic mass is 10.1. The Morgan fingerprint density at radius 2 is 1.60 bits per heavy atom. The van der Waals surface area contributed by atoms with Gasteiger partial charge in [0.25, 0.3) is 5.91 Å². The molecule has 4 aromatic rings. The van der Waals surface area contributed by atoms with Crippen LogP contribution in [0.4, 0.5) is 5.69 Å². The van der Waals surface area contributed by atoms with Gasteiger partial charge in [0.1, 0.15) is 34.6 Å². The number of hydrogen-bond acceptors (Lipinski definition) is 7. The van der Waals surface area contributed by atoms with Crippen LogP contribution in [-0.4, -0.2) is 21.4 Å². The van der Waals surface area contributed by atoms with Crippen LogP contribution in [0.3, 0.4) is 0 Å². The monoisotopic (exact) mass is 554 g/mol. The third kappa shape index (κ3) is 7.28. The SMILES string of the molecule is COc1ccc(/C=C(\C#N)C(=O)Nc2ccc(OCc3ccccc3)cc2)c(OS(=O)(=O)c2ccc(C)cc2)c1. The molecule has 0 saturated carbocycles. The molecule has 1 N–H and O–H groups in total. The van der Waals surface area contributed by atoms with E-state index < -0.39 is 16.0 Å². The number of anilines is 1. The molecule has 0 aromatic heterocycles. The Morgan fingerprint density at radius 3 is 2.25 bits per heavy atom. The lowest BCUT2D eigenvalue weighted by Gasteiger charge is -2.12. The van der Waals surface area contributed by atoms with Gasteiger partial charge in [0.15, 0.2) is 5.75 Å². The number of nitrogens with one attached hydrogen (secondary N) is 1. The van der Waals surface area contributed by atoms with Crippen molar-refractivity contribution in [2.24, 2.45) is 0 Å². The second kappa shape index (κ2) is 12.7. The van der Waals surface area contributed by atoms with Crippen LogP contribution in [0.15, 0.2) is 108 Å². The predicted octanol–water partition coefficient (Wildman–Crippen LogP) is 5.90. The summed E-state index contributed by atoms with van der Waals surface area (Å²) in [5.41, 5.74) is 2.31. The van der Waals surface area contributed by atoms with Crippen molar-refractivity contribution in [3.05, 3.63) is 119 Å². The Balaban J connectivity index is 1.51. The molecule has 0 atom stereocenters. The van der Waals surface area contributed by atoms with Crippen molar-refractivity contribution in [3.63, 3.8) is 0 Å². The molecule has 0 fully saturated rings. The molecule has 0 heterocycles. The molecule has 0 bridgehead atoms. The lowest BCUT2D eigenvalue weighted by molar-refractivity contribution is -0.112. The molecule has 8 nitrogen and oxygen atoms in total. The topological polar surface area (TPSA) is 115 Å². The van der Waals surface area contributed by atoms with Crippen LogP contribution in [0.5, 0.6) is 17.2 Å². The van der Waals surface area contributed by atoms with Crippen LogP contribution in [-0.2, 0) is 21.5 Å². The number of carbonyl (C=O) groups excluding carboxylic acids is 1. The van der Waals surface area contributed by atoms with Crippen molar-refractivity contribution in [1.82, 2.24) is 0 Å². The number of ether oxygens (including phenoxy) is 2. The molecule has 0 aliphatic rings. The summed E-state index contributed by atoms with van der Waals surface area (Å²) in [5.74, 6) is 0.181. The highest BCUT2D eigenvalue weighted by Crippen LogP contribution is 2.30. The van der Waals surface area contributed by atoms with Gasteiger partial charge in [-0.05, 0) is 67.1 Å². The van der Waals surface area contributed by atoms with Gasteiger partial charge in [0.05, 0.1) is 7.11 Å². The Bertz CT molecular complexity index is 1660. The van der Waals surface area contributed by atoms with Crippen LogP contribution in [0, 0.1) is 18.3 Å². The Kier molecular flexibility index (Phi) is 8.84. The molecule has 202 valence electrons. The summed E-state index contributed by atoms with van der Waals surface area (Å²) < 4.78 is 42.2. The zero-order chi connectivity index (χ0) is 28.5. The lowest BCUT2D eigenvalue weighted by Crippen LogP contribution is -2.14. The third-order valence-corrected chi connectivity index (χ3v) is 7.00. The number of rotatable bonds is 10. The predicted molar refractivity (Wildman–Crippen MR) is 151 cm³/mol. The first-order chi connectivity index (χ1) is 19.3. The molecule has 0 saturated heterocycles. The van der Waals surface area contributed by atoms with Gasteiger partial charge in [-0.1, -0.05) is 48.0 Å². The molecule has 4 rings (SSSR count). The van der Waals surface area contributed by atoms with Crippen LogP contribution in [0.2, 0.25) is 0 Å². The van der Waals surface area contributed by atoms with Gasteiger partial charge >= 0.3 is 10.1 Å². The average molecular weight is 555 g/mol. The summed E-state index contributed by atoms with van der Waals surface area (Å²) in [6.07, 6.45) is 1.26. The Hall–Kier alpha value is -5.07. The third-order valence-electron chi connectivity index (χ3n) is 5.76. The largest absolute Gasteiger partial charge is 0.497 e. The number of nitriles is 1. The van der Waals surface area contributed by atoms with E-state index >= 15 is 0 Å². The Labute approximate surface area is 233 Å². The minimum atomic E-state index is -4.20. The quantitative estimate of drug-likeness (QED) is 0.148. The van der Waals surface area contributed by atoms with Crippen LogP contribution in [0.1, 0.15) is 16.7 Å².